The normalized spacial score (nSPS) is 18.5. The van der Waals surface area contributed by atoms with Crippen LogP contribution in [0, 0.1) is 5.41 Å². The average molecular weight is 273 g/mol. The van der Waals surface area contributed by atoms with Gasteiger partial charge < -0.3 is 25.7 Å². The van der Waals surface area contributed by atoms with Gasteiger partial charge in [0.2, 0.25) is 5.91 Å². The number of hydrogen-bond acceptors (Lipinski definition) is 5. The van der Waals surface area contributed by atoms with Crippen LogP contribution in [-0.4, -0.2) is 60.4 Å². The summed E-state index contributed by atoms with van der Waals surface area (Å²) in [5.41, 5.74) is 4.82. The molecule has 1 aliphatic carbocycles. The molecule has 0 unspecified atom stereocenters. The molecule has 4 N–H and O–H groups in total. The van der Waals surface area contributed by atoms with Crippen molar-refractivity contribution in [3.8, 4) is 0 Å². The van der Waals surface area contributed by atoms with Crippen LogP contribution in [0.15, 0.2) is 5.16 Å². The fourth-order valence-electron chi connectivity index (χ4n) is 2.59. The van der Waals surface area contributed by atoms with Crippen molar-refractivity contribution in [3.05, 3.63) is 0 Å². The summed E-state index contributed by atoms with van der Waals surface area (Å²) in [6.07, 6.45) is 2.91. The van der Waals surface area contributed by atoms with Crippen molar-refractivity contribution in [1.29, 1.82) is 0 Å². The highest BCUT2D eigenvalue weighted by Crippen LogP contribution is 2.40. The molecule has 0 aliphatic heterocycles. The number of rotatable bonds is 7. The number of nitrogens with zero attached hydrogens (tertiary/aromatic N) is 2. The van der Waals surface area contributed by atoms with Crippen molar-refractivity contribution < 1.29 is 19.8 Å². The summed E-state index contributed by atoms with van der Waals surface area (Å²) in [5.74, 6) is -0.221. The van der Waals surface area contributed by atoms with Crippen molar-refractivity contribution in [3.63, 3.8) is 0 Å². The number of carbonyl (C=O) groups excluding carboxylic acids is 1. The molecule has 1 saturated carbocycles. The third kappa shape index (κ3) is 3.36. The molecule has 7 nitrogen and oxygen atoms in total. The number of amides is 1. The van der Waals surface area contributed by atoms with Gasteiger partial charge in [-0.1, -0.05) is 18.0 Å². The van der Waals surface area contributed by atoms with Crippen molar-refractivity contribution >= 4 is 11.7 Å². The number of nitrogens with two attached hydrogens (primary N) is 1. The van der Waals surface area contributed by atoms with E-state index in [1.807, 2.05) is 0 Å². The van der Waals surface area contributed by atoms with E-state index in [9.17, 15) is 4.79 Å². The second-order valence-corrected chi connectivity index (χ2v) is 4.78. The zero-order valence-corrected chi connectivity index (χ0v) is 11.3. The summed E-state index contributed by atoms with van der Waals surface area (Å²) in [7, 11) is 1.55. The molecule has 7 heteroatoms. The van der Waals surface area contributed by atoms with Gasteiger partial charge in [-0.15, -0.1) is 0 Å². The van der Waals surface area contributed by atoms with Crippen molar-refractivity contribution in [2.24, 2.45) is 16.3 Å². The average Bonchev–Trinajstić information content (AvgIpc) is 2.92. The number of hydrogen-bond donors (Lipinski definition) is 3. The lowest BCUT2D eigenvalue weighted by molar-refractivity contribution is -0.139. The Kier molecular flexibility index (Phi) is 6.04. The molecule has 110 valence electrons. The van der Waals surface area contributed by atoms with Crippen LogP contribution in [-0.2, 0) is 9.53 Å². The molecule has 0 spiro atoms. The van der Waals surface area contributed by atoms with Gasteiger partial charge in [-0.05, 0) is 12.8 Å². The predicted molar refractivity (Wildman–Crippen MR) is 69.9 cm³/mol. The van der Waals surface area contributed by atoms with Gasteiger partial charge in [0.15, 0.2) is 5.84 Å². The van der Waals surface area contributed by atoms with Crippen LogP contribution in [0.4, 0.5) is 0 Å². The first-order valence-corrected chi connectivity index (χ1v) is 6.49. The minimum atomic E-state index is -0.919. The molecule has 0 aromatic heterocycles. The summed E-state index contributed by atoms with van der Waals surface area (Å²) in [5, 5.41) is 21.0. The first-order chi connectivity index (χ1) is 9.12. The van der Waals surface area contributed by atoms with Gasteiger partial charge in [-0.2, -0.15) is 0 Å². The molecule has 0 aromatic carbocycles. The van der Waals surface area contributed by atoms with Gasteiger partial charge in [0.1, 0.15) is 5.41 Å². The number of aliphatic hydroxyl groups is 1. The maximum atomic E-state index is 12.7. The number of amidine groups is 1. The number of aliphatic hydroxyl groups excluding tert-OH is 1. The highest BCUT2D eigenvalue weighted by molar-refractivity contribution is 6.07. The number of oxime groups is 1. The van der Waals surface area contributed by atoms with Gasteiger partial charge in [0.05, 0.1) is 13.2 Å². The van der Waals surface area contributed by atoms with Gasteiger partial charge in [0, 0.05) is 20.2 Å². The topological polar surface area (TPSA) is 108 Å². The first kappa shape index (κ1) is 15.7. The van der Waals surface area contributed by atoms with E-state index in [0.717, 1.165) is 12.8 Å². The van der Waals surface area contributed by atoms with E-state index in [0.29, 0.717) is 26.0 Å². The van der Waals surface area contributed by atoms with E-state index in [2.05, 4.69) is 5.16 Å². The Morgan fingerprint density at radius 1 is 1.42 bits per heavy atom. The fraction of sp³-hybridized carbons (Fsp3) is 0.833. The van der Waals surface area contributed by atoms with Crippen LogP contribution in [0.1, 0.15) is 25.7 Å². The second kappa shape index (κ2) is 7.30. The lowest BCUT2D eigenvalue weighted by Crippen LogP contribution is -2.51. The maximum Gasteiger partial charge on any atom is 0.236 e. The van der Waals surface area contributed by atoms with Crippen LogP contribution in [0.25, 0.3) is 0 Å². The van der Waals surface area contributed by atoms with Crippen molar-refractivity contribution in [2.45, 2.75) is 25.7 Å². The molecule has 0 heterocycles. The molecular weight excluding hydrogens is 250 g/mol. The maximum absolute atomic E-state index is 12.7. The Bertz CT molecular complexity index is 327. The minimum absolute atomic E-state index is 0.0321. The summed E-state index contributed by atoms with van der Waals surface area (Å²) >= 11 is 0. The smallest absolute Gasteiger partial charge is 0.236 e. The fourth-order valence-corrected chi connectivity index (χ4v) is 2.59. The molecular formula is C12H23N3O4. The molecule has 0 atom stereocenters. The summed E-state index contributed by atoms with van der Waals surface area (Å²) in [6, 6.07) is 0. The van der Waals surface area contributed by atoms with E-state index >= 15 is 0 Å². The van der Waals surface area contributed by atoms with Crippen LogP contribution < -0.4 is 5.73 Å². The Labute approximate surface area is 113 Å². The SMILES string of the molecule is COCCN(CCO)C(=O)C1(C(N)=NO)CCCC1. The van der Waals surface area contributed by atoms with E-state index in [4.69, 9.17) is 20.8 Å². The summed E-state index contributed by atoms with van der Waals surface area (Å²) < 4.78 is 4.96. The standard InChI is InChI=1S/C12H23N3O4/c1-19-9-7-15(6-8-16)11(17)12(10(13)14-18)4-2-3-5-12/h16,18H,2-9H2,1H3,(H2,13,14). The van der Waals surface area contributed by atoms with Gasteiger partial charge in [0.25, 0.3) is 0 Å². The van der Waals surface area contributed by atoms with Crippen molar-refractivity contribution in [2.75, 3.05) is 33.4 Å². The molecule has 0 bridgehead atoms. The quantitative estimate of drug-likeness (QED) is 0.257. The Morgan fingerprint density at radius 2 is 2.05 bits per heavy atom. The molecule has 0 radical (unpaired) electrons. The minimum Gasteiger partial charge on any atom is -0.409 e. The zero-order chi connectivity index (χ0) is 14.3. The molecule has 0 saturated heterocycles. The first-order valence-electron chi connectivity index (χ1n) is 6.49. The molecule has 1 aliphatic rings. The summed E-state index contributed by atoms with van der Waals surface area (Å²) in [6.45, 7) is 0.874. The second-order valence-electron chi connectivity index (χ2n) is 4.78. The van der Waals surface area contributed by atoms with E-state index in [1.165, 1.54) is 4.90 Å². The summed E-state index contributed by atoms with van der Waals surface area (Å²) in [4.78, 5) is 14.2. The van der Waals surface area contributed by atoms with E-state index in [1.54, 1.807) is 7.11 Å². The predicted octanol–water partition coefficient (Wildman–Crippen LogP) is -0.239. The van der Waals surface area contributed by atoms with Crippen LogP contribution in [0.5, 0.6) is 0 Å². The Hall–Kier alpha value is -1.34. The molecule has 19 heavy (non-hydrogen) atoms. The lowest BCUT2D eigenvalue weighted by Gasteiger charge is -2.33. The zero-order valence-electron chi connectivity index (χ0n) is 11.3. The van der Waals surface area contributed by atoms with Crippen LogP contribution >= 0.6 is 0 Å². The van der Waals surface area contributed by atoms with Gasteiger partial charge in [-0.3, -0.25) is 4.79 Å². The van der Waals surface area contributed by atoms with E-state index < -0.39 is 5.41 Å². The molecule has 1 amide bonds. The number of ether oxygens (including phenoxy) is 1. The Balaban J connectivity index is 2.90. The molecule has 0 aromatic rings. The number of carbonyl (C=O) groups is 1. The van der Waals surface area contributed by atoms with Crippen molar-refractivity contribution in [1.82, 2.24) is 4.90 Å². The van der Waals surface area contributed by atoms with E-state index in [-0.39, 0.29) is 24.9 Å². The highest BCUT2D eigenvalue weighted by atomic mass is 16.5. The molecule has 1 rings (SSSR count). The highest BCUT2D eigenvalue weighted by Gasteiger charge is 2.47. The van der Waals surface area contributed by atoms with Crippen LogP contribution in [0.3, 0.4) is 0 Å². The van der Waals surface area contributed by atoms with Crippen LogP contribution in [0.2, 0.25) is 0 Å². The third-order valence-corrected chi connectivity index (χ3v) is 3.69. The third-order valence-electron chi connectivity index (χ3n) is 3.69. The monoisotopic (exact) mass is 273 g/mol. The Morgan fingerprint density at radius 3 is 2.53 bits per heavy atom. The van der Waals surface area contributed by atoms with Gasteiger partial charge in [-0.25, -0.2) is 0 Å². The van der Waals surface area contributed by atoms with Gasteiger partial charge >= 0.3 is 0 Å². The largest absolute Gasteiger partial charge is 0.409 e. The lowest BCUT2D eigenvalue weighted by atomic mass is 9.83. The number of methoxy groups -OCH3 is 1. The molecule has 1 fully saturated rings.